The maximum Gasteiger partial charge on any atom is 0.185 e. The van der Waals surface area contributed by atoms with Crippen LogP contribution in [0.5, 0.6) is 0 Å². The molecular formula is C29H36O. The average Bonchev–Trinajstić information content (AvgIpc) is 2.77. The van der Waals surface area contributed by atoms with E-state index in [1.165, 1.54) is 11.1 Å². The van der Waals surface area contributed by atoms with Crippen LogP contribution in [0.4, 0.5) is 0 Å². The van der Waals surface area contributed by atoms with Gasteiger partial charge in [-0.15, -0.1) is 0 Å². The Morgan fingerprint density at radius 2 is 1.17 bits per heavy atom. The van der Waals surface area contributed by atoms with Crippen LogP contribution in [0.3, 0.4) is 0 Å². The molecule has 1 aliphatic carbocycles. The number of hydrogen-bond donors (Lipinski definition) is 0. The predicted octanol–water partition coefficient (Wildman–Crippen LogP) is 7.69. The molecule has 30 heavy (non-hydrogen) atoms. The summed E-state index contributed by atoms with van der Waals surface area (Å²) in [4.78, 5) is 13.4. The van der Waals surface area contributed by atoms with Gasteiger partial charge in [0.25, 0.3) is 0 Å². The van der Waals surface area contributed by atoms with Gasteiger partial charge in [-0.2, -0.15) is 0 Å². The number of benzene rings is 2. The number of Topliss-reactive ketones (excluding diaryl/α,β-unsaturated/α-hetero) is 1. The van der Waals surface area contributed by atoms with Crippen molar-refractivity contribution in [2.45, 2.75) is 66.7 Å². The summed E-state index contributed by atoms with van der Waals surface area (Å²) in [7, 11) is 0. The zero-order valence-corrected chi connectivity index (χ0v) is 19.3. The van der Waals surface area contributed by atoms with E-state index in [1.807, 2.05) is 0 Å². The standard InChI is InChI=1S/C29H36O/c1-6-21-9-13-23(14-10-21)17-25-19-27(29(4,5)8-3)20-26(28(25)30)18-24-15-11-22(7-2)12-16-24/h9-18,27H,6-8,19-20H2,1-5H3/b25-17+,26-18+. The van der Waals surface area contributed by atoms with Crippen molar-refractivity contribution in [3.8, 4) is 0 Å². The van der Waals surface area contributed by atoms with Crippen LogP contribution >= 0.6 is 0 Å². The third-order valence-electron chi connectivity index (χ3n) is 6.99. The highest BCUT2D eigenvalue weighted by molar-refractivity contribution is 6.14. The van der Waals surface area contributed by atoms with Crippen molar-refractivity contribution in [1.29, 1.82) is 0 Å². The molecule has 2 aromatic rings. The van der Waals surface area contributed by atoms with Gasteiger partial charge in [-0.1, -0.05) is 89.6 Å². The van der Waals surface area contributed by atoms with Gasteiger partial charge in [-0.3, -0.25) is 4.79 Å². The maximum absolute atomic E-state index is 13.4. The molecule has 0 heterocycles. The molecule has 1 nitrogen and oxygen atoms in total. The first-order valence-electron chi connectivity index (χ1n) is 11.5. The highest BCUT2D eigenvalue weighted by Crippen LogP contribution is 2.43. The van der Waals surface area contributed by atoms with Crippen molar-refractivity contribution in [3.05, 3.63) is 81.9 Å². The Balaban J connectivity index is 1.97. The minimum atomic E-state index is 0.205. The third kappa shape index (κ3) is 5.19. The van der Waals surface area contributed by atoms with Crippen LogP contribution in [0.15, 0.2) is 59.7 Å². The second-order valence-corrected chi connectivity index (χ2v) is 9.31. The highest BCUT2D eigenvalue weighted by Gasteiger charge is 2.36. The third-order valence-corrected chi connectivity index (χ3v) is 6.99. The summed E-state index contributed by atoms with van der Waals surface area (Å²) in [5.74, 6) is 0.694. The first-order valence-corrected chi connectivity index (χ1v) is 11.5. The lowest BCUT2D eigenvalue weighted by atomic mass is 9.66. The predicted molar refractivity (Wildman–Crippen MR) is 129 cm³/mol. The van der Waals surface area contributed by atoms with Crippen molar-refractivity contribution in [2.75, 3.05) is 0 Å². The number of hydrogen-bond acceptors (Lipinski definition) is 1. The highest BCUT2D eigenvalue weighted by atomic mass is 16.1. The Morgan fingerprint density at radius 1 is 0.767 bits per heavy atom. The molecule has 1 saturated carbocycles. The van der Waals surface area contributed by atoms with E-state index in [1.54, 1.807) is 0 Å². The van der Waals surface area contributed by atoms with Gasteiger partial charge in [0.1, 0.15) is 0 Å². The van der Waals surface area contributed by atoms with Gasteiger partial charge in [0.2, 0.25) is 0 Å². The minimum absolute atomic E-state index is 0.205. The lowest BCUT2D eigenvalue weighted by Crippen LogP contribution is -2.30. The van der Waals surface area contributed by atoms with Crippen molar-refractivity contribution in [1.82, 2.24) is 0 Å². The number of rotatable bonds is 6. The van der Waals surface area contributed by atoms with Crippen molar-refractivity contribution in [3.63, 3.8) is 0 Å². The van der Waals surface area contributed by atoms with Gasteiger partial charge in [0, 0.05) is 11.1 Å². The first-order chi connectivity index (χ1) is 14.4. The summed E-state index contributed by atoms with van der Waals surface area (Å²) in [5, 5.41) is 0. The molecule has 0 atom stereocenters. The van der Waals surface area contributed by atoms with E-state index in [9.17, 15) is 4.79 Å². The van der Waals surface area contributed by atoms with Crippen LogP contribution in [0.1, 0.15) is 76.1 Å². The van der Waals surface area contributed by atoms with Gasteiger partial charge in [-0.25, -0.2) is 0 Å². The molecule has 0 aromatic heterocycles. The van der Waals surface area contributed by atoms with E-state index in [4.69, 9.17) is 0 Å². The molecule has 0 N–H and O–H groups in total. The van der Waals surface area contributed by atoms with Crippen molar-refractivity contribution >= 4 is 17.9 Å². The van der Waals surface area contributed by atoms with Crippen LogP contribution in [0.25, 0.3) is 12.2 Å². The summed E-state index contributed by atoms with van der Waals surface area (Å²) in [6.45, 7) is 11.3. The van der Waals surface area contributed by atoms with Crippen molar-refractivity contribution in [2.24, 2.45) is 11.3 Å². The van der Waals surface area contributed by atoms with E-state index in [0.29, 0.717) is 5.92 Å². The fraction of sp³-hybridized carbons (Fsp3) is 0.414. The van der Waals surface area contributed by atoms with Crippen LogP contribution < -0.4 is 0 Å². The average molecular weight is 401 g/mol. The van der Waals surface area contributed by atoms with Crippen LogP contribution in [0.2, 0.25) is 0 Å². The molecule has 0 amide bonds. The molecule has 0 unspecified atom stereocenters. The van der Waals surface area contributed by atoms with E-state index in [-0.39, 0.29) is 11.2 Å². The quantitative estimate of drug-likeness (QED) is 0.454. The number of carbonyl (C=O) groups excluding carboxylic acids is 1. The molecule has 0 saturated heterocycles. The van der Waals surface area contributed by atoms with E-state index in [2.05, 4.69) is 95.3 Å². The monoisotopic (exact) mass is 400 g/mol. The molecule has 2 aromatic carbocycles. The topological polar surface area (TPSA) is 17.1 Å². The molecule has 0 spiro atoms. The molecule has 1 heteroatoms. The fourth-order valence-corrected chi connectivity index (χ4v) is 4.19. The Hall–Kier alpha value is -2.41. The Bertz CT molecular complexity index is 854. The lowest BCUT2D eigenvalue weighted by Gasteiger charge is -2.37. The van der Waals surface area contributed by atoms with Gasteiger partial charge < -0.3 is 0 Å². The number of aryl methyl sites for hydroxylation is 2. The van der Waals surface area contributed by atoms with Crippen LogP contribution in [-0.4, -0.2) is 5.78 Å². The summed E-state index contributed by atoms with van der Waals surface area (Å²) in [6.07, 6.45) is 9.14. The normalized spacial score (nSPS) is 20.2. The van der Waals surface area contributed by atoms with E-state index >= 15 is 0 Å². The van der Waals surface area contributed by atoms with Gasteiger partial charge in [0.15, 0.2) is 5.78 Å². The summed E-state index contributed by atoms with van der Waals surface area (Å²) >= 11 is 0. The molecule has 1 fully saturated rings. The smallest absolute Gasteiger partial charge is 0.185 e. The van der Waals surface area contributed by atoms with Crippen LogP contribution in [0, 0.1) is 11.3 Å². The van der Waals surface area contributed by atoms with E-state index < -0.39 is 0 Å². The van der Waals surface area contributed by atoms with Gasteiger partial charge in [0.05, 0.1) is 0 Å². The Labute approximate surface area is 182 Å². The molecule has 3 rings (SSSR count). The summed E-state index contributed by atoms with van der Waals surface area (Å²) < 4.78 is 0. The SMILES string of the molecule is CCc1ccc(/C=C2\CC(C(C)(C)CC)C/C(=C\c3ccc(CC)cc3)C2=O)cc1. The number of carbonyl (C=O) groups is 1. The zero-order chi connectivity index (χ0) is 21.7. The minimum Gasteiger partial charge on any atom is -0.289 e. The molecule has 158 valence electrons. The Morgan fingerprint density at radius 3 is 1.50 bits per heavy atom. The zero-order valence-electron chi connectivity index (χ0n) is 19.3. The van der Waals surface area contributed by atoms with Crippen molar-refractivity contribution < 1.29 is 4.79 Å². The molecule has 0 radical (unpaired) electrons. The summed E-state index contributed by atoms with van der Waals surface area (Å²) in [6, 6.07) is 17.2. The first kappa shape index (κ1) is 22.3. The fourth-order valence-electron chi connectivity index (χ4n) is 4.19. The maximum atomic E-state index is 13.4. The number of allylic oxidation sites excluding steroid dienone is 2. The van der Waals surface area contributed by atoms with Crippen LogP contribution in [-0.2, 0) is 17.6 Å². The molecule has 1 aliphatic rings. The largest absolute Gasteiger partial charge is 0.289 e. The molecule has 0 bridgehead atoms. The van der Waals surface area contributed by atoms with E-state index in [0.717, 1.165) is 54.4 Å². The Kier molecular flexibility index (Phi) is 7.13. The molecular weight excluding hydrogens is 364 g/mol. The second kappa shape index (κ2) is 9.60. The second-order valence-electron chi connectivity index (χ2n) is 9.31. The lowest BCUT2D eigenvalue weighted by molar-refractivity contribution is -0.113. The number of ketones is 1. The van der Waals surface area contributed by atoms with Gasteiger partial charge >= 0.3 is 0 Å². The summed E-state index contributed by atoms with van der Waals surface area (Å²) in [5.41, 5.74) is 7.01. The molecule has 0 aliphatic heterocycles. The van der Waals surface area contributed by atoms with Gasteiger partial charge in [-0.05, 0) is 71.4 Å².